The van der Waals surface area contributed by atoms with E-state index in [-0.39, 0.29) is 12.1 Å². The van der Waals surface area contributed by atoms with E-state index < -0.39 is 5.60 Å². The van der Waals surface area contributed by atoms with Crippen LogP contribution < -0.4 is 4.90 Å². The van der Waals surface area contributed by atoms with E-state index in [2.05, 4.69) is 27.0 Å². The maximum atomic E-state index is 12.2. The van der Waals surface area contributed by atoms with Gasteiger partial charge in [-0.05, 0) is 41.0 Å². The van der Waals surface area contributed by atoms with Crippen LogP contribution in [0.15, 0.2) is 18.7 Å². The smallest absolute Gasteiger partial charge is 0.410 e. The van der Waals surface area contributed by atoms with Crippen LogP contribution in [-0.2, 0) is 4.74 Å². The van der Waals surface area contributed by atoms with Crippen LogP contribution in [-0.4, -0.2) is 71.6 Å². The molecule has 31 heavy (non-hydrogen) atoms. The Morgan fingerprint density at radius 3 is 2.65 bits per heavy atom. The molecule has 3 aromatic heterocycles. The first-order valence-electron chi connectivity index (χ1n) is 10.7. The second-order valence-electron chi connectivity index (χ2n) is 9.44. The molecule has 0 N–H and O–H groups in total. The predicted octanol–water partition coefficient (Wildman–Crippen LogP) is 2.69. The lowest BCUT2D eigenvalue weighted by Crippen LogP contribution is -2.52. The highest BCUT2D eigenvalue weighted by molar-refractivity contribution is 5.72. The van der Waals surface area contributed by atoms with Crippen LogP contribution in [0, 0.1) is 6.92 Å². The second-order valence-corrected chi connectivity index (χ2v) is 9.44. The lowest BCUT2D eigenvalue weighted by atomic mass is 10.1. The molecule has 2 aliphatic rings. The van der Waals surface area contributed by atoms with Crippen molar-refractivity contribution in [1.82, 2.24) is 34.3 Å². The molecule has 0 saturated carbocycles. The Labute approximate surface area is 180 Å². The summed E-state index contributed by atoms with van der Waals surface area (Å²) in [5, 5.41) is 8.97. The van der Waals surface area contributed by atoms with Gasteiger partial charge < -0.3 is 14.5 Å². The molecule has 0 spiro atoms. The normalized spacial score (nSPS) is 19.5. The van der Waals surface area contributed by atoms with Crippen LogP contribution in [0.25, 0.3) is 16.9 Å². The highest BCUT2D eigenvalue weighted by Gasteiger charge is 2.35. The number of hydrogen-bond donors (Lipinski definition) is 0. The van der Waals surface area contributed by atoms with Gasteiger partial charge in [0, 0.05) is 37.4 Å². The molecule has 164 valence electrons. The molecule has 0 unspecified atom stereocenters. The minimum Gasteiger partial charge on any atom is -0.444 e. The molecule has 5 heterocycles. The maximum Gasteiger partial charge on any atom is 0.410 e. The zero-order valence-electron chi connectivity index (χ0n) is 18.6. The van der Waals surface area contributed by atoms with E-state index in [9.17, 15) is 4.79 Å². The SMILES string of the molecule is Cc1c(-c2cnn(C3CN(C(=O)OC(C)(C)C)C3)c2)nc(N2CC[C@@H]2C)c2ncnn12. The van der Waals surface area contributed by atoms with Crippen LogP contribution >= 0.6 is 0 Å². The highest BCUT2D eigenvalue weighted by atomic mass is 16.6. The fourth-order valence-corrected chi connectivity index (χ4v) is 4.03. The molecule has 0 aliphatic carbocycles. The van der Waals surface area contributed by atoms with Crippen LogP contribution in [0.1, 0.15) is 45.9 Å². The number of likely N-dealkylation sites (tertiary alicyclic amines) is 1. The van der Waals surface area contributed by atoms with Crippen molar-refractivity contribution in [2.24, 2.45) is 0 Å². The molecule has 2 saturated heterocycles. The first-order valence-corrected chi connectivity index (χ1v) is 10.7. The Morgan fingerprint density at radius 2 is 2.00 bits per heavy atom. The summed E-state index contributed by atoms with van der Waals surface area (Å²) in [6, 6.07) is 0.576. The Morgan fingerprint density at radius 1 is 1.23 bits per heavy atom. The number of carbonyl (C=O) groups excluding carboxylic acids is 1. The van der Waals surface area contributed by atoms with Gasteiger partial charge in [-0.3, -0.25) is 4.68 Å². The van der Waals surface area contributed by atoms with Gasteiger partial charge in [-0.1, -0.05) is 0 Å². The number of fused-ring (bicyclic) bond motifs is 1. The van der Waals surface area contributed by atoms with Crippen molar-refractivity contribution in [2.75, 3.05) is 24.5 Å². The van der Waals surface area contributed by atoms with E-state index >= 15 is 0 Å². The Bertz CT molecular complexity index is 1140. The topological polar surface area (TPSA) is 93.7 Å². The van der Waals surface area contributed by atoms with E-state index in [1.54, 1.807) is 11.2 Å². The lowest BCUT2D eigenvalue weighted by molar-refractivity contribution is -0.000382. The number of ether oxygens (including phenoxy) is 1. The molecule has 0 radical (unpaired) electrons. The lowest BCUT2D eigenvalue weighted by Gasteiger charge is -2.40. The van der Waals surface area contributed by atoms with Gasteiger partial charge in [0.2, 0.25) is 0 Å². The Balaban J connectivity index is 1.38. The number of aromatic nitrogens is 6. The van der Waals surface area contributed by atoms with Gasteiger partial charge in [-0.25, -0.2) is 19.3 Å². The van der Waals surface area contributed by atoms with Gasteiger partial charge in [-0.15, -0.1) is 0 Å². The largest absolute Gasteiger partial charge is 0.444 e. The third kappa shape index (κ3) is 3.39. The third-order valence-corrected chi connectivity index (χ3v) is 5.98. The molecule has 2 fully saturated rings. The minimum absolute atomic E-state index is 0.131. The molecule has 0 bridgehead atoms. The van der Waals surface area contributed by atoms with Crippen LogP contribution in [0.4, 0.5) is 10.6 Å². The number of nitrogens with zero attached hydrogens (tertiary/aromatic N) is 8. The van der Waals surface area contributed by atoms with E-state index in [1.807, 2.05) is 49.3 Å². The first kappa shape index (κ1) is 19.8. The van der Waals surface area contributed by atoms with Crippen LogP contribution in [0.5, 0.6) is 0 Å². The highest BCUT2D eigenvalue weighted by Crippen LogP contribution is 2.32. The van der Waals surface area contributed by atoms with Crippen molar-refractivity contribution in [3.05, 3.63) is 24.4 Å². The summed E-state index contributed by atoms with van der Waals surface area (Å²) in [6.07, 6.45) is 6.28. The van der Waals surface area contributed by atoms with Gasteiger partial charge in [0.25, 0.3) is 0 Å². The van der Waals surface area contributed by atoms with E-state index in [4.69, 9.17) is 9.72 Å². The molecule has 1 amide bonds. The standard InChI is InChI=1S/C21H28N8O2/c1-13-6-7-27(13)19-18-22-12-24-29(18)14(2)17(25-19)15-8-23-28(9-15)16-10-26(11-16)20(30)31-21(3,4)5/h8-9,12-13,16H,6-7,10-11H2,1-5H3/t13-/m0/s1. The monoisotopic (exact) mass is 424 g/mol. The van der Waals surface area contributed by atoms with Gasteiger partial charge in [0.1, 0.15) is 11.9 Å². The quantitative estimate of drug-likeness (QED) is 0.638. The number of anilines is 1. The van der Waals surface area contributed by atoms with Crippen molar-refractivity contribution >= 4 is 17.6 Å². The fourth-order valence-electron chi connectivity index (χ4n) is 4.03. The average molecular weight is 425 g/mol. The minimum atomic E-state index is -0.490. The van der Waals surface area contributed by atoms with Crippen molar-refractivity contribution in [3.8, 4) is 11.3 Å². The molecule has 3 aromatic rings. The van der Waals surface area contributed by atoms with Crippen molar-refractivity contribution < 1.29 is 9.53 Å². The molecule has 1 atom stereocenters. The summed E-state index contributed by atoms with van der Waals surface area (Å²) >= 11 is 0. The maximum absolute atomic E-state index is 12.2. The summed E-state index contributed by atoms with van der Waals surface area (Å²) in [6.45, 7) is 12.0. The zero-order chi connectivity index (χ0) is 21.9. The number of hydrogen-bond acceptors (Lipinski definition) is 7. The molecular weight excluding hydrogens is 396 g/mol. The first-order chi connectivity index (χ1) is 14.7. The number of carbonyl (C=O) groups is 1. The molecule has 0 aromatic carbocycles. The molecule has 10 nitrogen and oxygen atoms in total. The molecule has 2 aliphatic heterocycles. The third-order valence-electron chi connectivity index (χ3n) is 5.98. The summed E-state index contributed by atoms with van der Waals surface area (Å²) < 4.78 is 9.20. The second kappa shape index (κ2) is 6.93. The van der Waals surface area contributed by atoms with Gasteiger partial charge in [0.05, 0.1) is 23.6 Å². The van der Waals surface area contributed by atoms with Crippen LogP contribution in [0.3, 0.4) is 0 Å². The van der Waals surface area contributed by atoms with Gasteiger partial charge >= 0.3 is 6.09 Å². The van der Waals surface area contributed by atoms with Crippen LogP contribution in [0.2, 0.25) is 0 Å². The van der Waals surface area contributed by atoms with Gasteiger partial charge in [-0.2, -0.15) is 10.2 Å². The average Bonchev–Trinajstić information content (AvgIpc) is 3.30. The fraction of sp³-hybridized carbons (Fsp3) is 0.571. The Kier molecular flexibility index (Phi) is 4.42. The molecule has 5 rings (SSSR count). The van der Waals surface area contributed by atoms with Crippen molar-refractivity contribution in [2.45, 2.75) is 58.7 Å². The number of aryl methyl sites for hydroxylation is 1. The van der Waals surface area contributed by atoms with Gasteiger partial charge in [0.15, 0.2) is 11.5 Å². The summed E-state index contributed by atoms with van der Waals surface area (Å²) in [5.41, 5.74) is 3.00. The Hall–Kier alpha value is -3.17. The summed E-state index contributed by atoms with van der Waals surface area (Å²) in [5.74, 6) is 0.865. The number of rotatable bonds is 3. The summed E-state index contributed by atoms with van der Waals surface area (Å²) in [7, 11) is 0. The zero-order valence-corrected chi connectivity index (χ0v) is 18.6. The van der Waals surface area contributed by atoms with E-state index in [1.165, 1.54) is 0 Å². The number of amides is 1. The van der Waals surface area contributed by atoms with Crippen molar-refractivity contribution in [3.63, 3.8) is 0 Å². The summed E-state index contributed by atoms with van der Waals surface area (Å²) in [4.78, 5) is 25.6. The predicted molar refractivity (Wildman–Crippen MR) is 115 cm³/mol. The van der Waals surface area contributed by atoms with E-state index in [0.29, 0.717) is 19.1 Å². The molecule has 10 heteroatoms. The molecular formula is C21H28N8O2. The van der Waals surface area contributed by atoms with E-state index in [0.717, 1.165) is 41.4 Å². The van der Waals surface area contributed by atoms with Crippen molar-refractivity contribution in [1.29, 1.82) is 0 Å².